The summed E-state index contributed by atoms with van der Waals surface area (Å²) in [6.07, 6.45) is -4.81. The lowest BCUT2D eigenvalue weighted by molar-refractivity contribution is -0.274. The third-order valence-electron chi connectivity index (χ3n) is 3.92. The minimum atomic E-state index is -4.81. The third-order valence-corrected chi connectivity index (χ3v) is 4.89. The number of hydrogen-bond acceptors (Lipinski definition) is 8. The number of aliphatic hydroxyl groups is 1. The van der Waals surface area contributed by atoms with E-state index in [1.807, 2.05) is 0 Å². The van der Waals surface area contributed by atoms with E-state index in [9.17, 15) is 26.7 Å². The molecule has 0 unspecified atom stereocenters. The summed E-state index contributed by atoms with van der Waals surface area (Å²) in [5.41, 5.74) is -1.18. The first-order chi connectivity index (χ1) is 14.3. The molecule has 0 aliphatic rings. The minimum Gasteiger partial charge on any atom is -0.406 e. The third kappa shape index (κ3) is 6.44. The number of pyridine rings is 1. The van der Waals surface area contributed by atoms with Gasteiger partial charge in [0.05, 0.1) is 18.0 Å². The monoisotopic (exact) mass is 458 g/mol. The Balaban J connectivity index is 1.80. The molecule has 31 heavy (non-hydrogen) atoms. The molecule has 0 aliphatic heterocycles. The van der Waals surface area contributed by atoms with Gasteiger partial charge in [0.15, 0.2) is 0 Å². The number of sulfonamides is 1. The predicted octanol–water partition coefficient (Wildman–Crippen LogP) is 1.18. The summed E-state index contributed by atoms with van der Waals surface area (Å²) in [5, 5.41) is 27.2. The van der Waals surface area contributed by atoms with Gasteiger partial charge in [-0.3, -0.25) is 0 Å². The Hall–Kier alpha value is -3.10. The van der Waals surface area contributed by atoms with Gasteiger partial charge in [0.2, 0.25) is 15.8 Å². The van der Waals surface area contributed by atoms with Crippen LogP contribution < -0.4 is 9.88 Å². The highest BCUT2D eigenvalue weighted by Crippen LogP contribution is 2.24. The van der Waals surface area contributed by atoms with Crippen molar-refractivity contribution in [3.8, 4) is 17.3 Å². The number of nitrogens with zero attached hydrogens (tertiary/aromatic N) is 5. The maximum atomic E-state index is 12.4. The Morgan fingerprint density at radius 3 is 2.58 bits per heavy atom. The van der Waals surface area contributed by atoms with Crippen molar-refractivity contribution < 1.29 is 31.4 Å². The molecule has 10 nitrogen and oxygen atoms in total. The molecule has 3 rings (SSSR count). The summed E-state index contributed by atoms with van der Waals surface area (Å²) >= 11 is 0. The van der Waals surface area contributed by atoms with E-state index in [-0.39, 0.29) is 29.5 Å². The lowest BCUT2D eigenvalue weighted by Gasteiger charge is -2.21. The van der Waals surface area contributed by atoms with Crippen LogP contribution in [0.15, 0.2) is 42.5 Å². The fourth-order valence-electron chi connectivity index (χ4n) is 2.74. The zero-order chi connectivity index (χ0) is 22.9. The number of tetrazole rings is 1. The molecular formula is C17H17F3N6O4S. The second-order valence-corrected chi connectivity index (χ2v) is 8.44. The molecule has 1 atom stereocenters. The highest BCUT2D eigenvalue weighted by atomic mass is 32.2. The molecule has 166 valence electrons. The highest BCUT2D eigenvalue weighted by molar-refractivity contribution is 7.89. The van der Waals surface area contributed by atoms with Gasteiger partial charge in [-0.05, 0) is 42.0 Å². The lowest BCUT2D eigenvalue weighted by Crippen LogP contribution is -2.35. The van der Waals surface area contributed by atoms with Gasteiger partial charge in [-0.15, -0.1) is 23.4 Å². The number of ether oxygens (including phenoxy) is 1. The standard InChI is InChI=1S/C17H17F3N6O4S/c1-16(27,10-31(21,28)29)14-7-3-6-13(22-14)15-23-25-26(24-15)9-11-4-2-5-12(8-11)30-17(18,19)20/h2-8,27H,9-10H2,1H3,(H2,21,28,29)/t16-/m0/s1. The van der Waals surface area contributed by atoms with Crippen molar-refractivity contribution in [2.24, 2.45) is 5.14 Å². The smallest absolute Gasteiger partial charge is 0.406 e. The van der Waals surface area contributed by atoms with Crippen molar-refractivity contribution in [1.82, 2.24) is 25.2 Å². The van der Waals surface area contributed by atoms with Crippen molar-refractivity contribution in [3.63, 3.8) is 0 Å². The van der Waals surface area contributed by atoms with Crippen molar-refractivity contribution in [2.45, 2.75) is 25.4 Å². The summed E-state index contributed by atoms with van der Waals surface area (Å²) in [6, 6.07) is 9.79. The molecule has 0 saturated heterocycles. The summed E-state index contributed by atoms with van der Waals surface area (Å²) < 4.78 is 63.7. The van der Waals surface area contributed by atoms with Gasteiger partial charge in [-0.25, -0.2) is 18.5 Å². The Morgan fingerprint density at radius 2 is 1.90 bits per heavy atom. The van der Waals surface area contributed by atoms with E-state index in [0.717, 1.165) is 4.80 Å². The molecule has 3 aromatic rings. The number of primary sulfonamides is 1. The van der Waals surface area contributed by atoms with Gasteiger partial charge >= 0.3 is 6.36 Å². The number of halogens is 3. The van der Waals surface area contributed by atoms with E-state index in [1.54, 1.807) is 6.07 Å². The van der Waals surface area contributed by atoms with Gasteiger partial charge in [-0.2, -0.15) is 4.80 Å². The maximum Gasteiger partial charge on any atom is 0.573 e. The largest absolute Gasteiger partial charge is 0.573 e. The Bertz CT molecular complexity index is 1180. The van der Waals surface area contributed by atoms with Gasteiger partial charge in [-0.1, -0.05) is 18.2 Å². The quantitative estimate of drug-likeness (QED) is 0.537. The van der Waals surface area contributed by atoms with Crippen LogP contribution in [0.4, 0.5) is 13.2 Å². The predicted molar refractivity (Wildman–Crippen MR) is 101 cm³/mol. The summed E-state index contributed by atoms with van der Waals surface area (Å²) in [6.45, 7) is 1.26. The van der Waals surface area contributed by atoms with Crippen molar-refractivity contribution in [2.75, 3.05) is 5.75 Å². The van der Waals surface area contributed by atoms with E-state index < -0.39 is 27.7 Å². The number of benzene rings is 1. The van der Waals surface area contributed by atoms with Crippen LogP contribution in [0.1, 0.15) is 18.2 Å². The summed E-state index contributed by atoms with van der Waals surface area (Å²) in [7, 11) is -3.97. The van der Waals surface area contributed by atoms with E-state index >= 15 is 0 Å². The molecule has 0 saturated carbocycles. The van der Waals surface area contributed by atoms with Crippen molar-refractivity contribution >= 4 is 10.0 Å². The molecule has 2 aromatic heterocycles. The Morgan fingerprint density at radius 1 is 1.19 bits per heavy atom. The zero-order valence-electron chi connectivity index (χ0n) is 16.0. The molecular weight excluding hydrogens is 441 g/mol. The fourth-order valence-corrected chi connectivity index (χ4v) is 3.67. The summed E-state index contributed by atoms with van der Waals surface area (Å²) in [5.74, 6) is -1.06. The molecule has 0 aliphatic carbocycles. The van der Waals surface area contributed by atoms with E-state index in [1.165, 1.54) is 43.3 Å². The van der Waals surface area contributed by atoms with Crippen LogP contribution in [0.3, 0.4) is 0 Å². The van der Waals surface area contributed by atoms with Gasteiger partial charge in [0, 0.05) is 0 Å². The van der Waals surface area contributed by atoms with E-state index in [4.69, 9.17) is 5.14 Å². The maximum absolute atomic E-state index is 12.4. The SMILES string of the molecule is C[C@](O)(CS(N)(=O)=O)c1cccc(-c2nnn(Cc3cccc(OC(F)(F)F)c3)n2)n1. The van der Waals surface area contributed by atoms with Crippen molar-refractivity contribution in [1.29, 1.82) is 0 Å². The number of alkyl halides is 3. The van der Waals surface area contributed by atoms with Crippen molar-refractivity contribution in [3.05, 3.63) is 53.7 Å². The van der Waals surface area contributed by atoms with Crippen LogP contribution in [0.25, 0.3) is 11.5 Å². The zero-order valence-corrected chi connectivity index (χ0v) is 16.8. The summed E-state index contributed by atoms with van der Waals surface area (Å²) in [4.78, 5) is 5.32. The Kier molecular flexibility index (Phi) is 5.98. The van der Waals surface area contributed by atoms with Crippen LogP contribution in [0.5, 0.6) is 5.75 Å². The highest BCUT2D eigenvalue weighted by Gasteiger charge is 2.31. The molecule has 0 bridgehead atoms. The Labute approximate surface area is 174 Å². The number of aromatic nitrogens is 5. The molecule has 0 spiro atoms. The first-order valence-electron chi connectivity index (χ1n) is 8.64. The second kappa shape index (κ2) is 8.20. The van der Waals surface area contributed by atoms with Crippen LogP contribution in [0, 0.1) is 0 Å². The minimum absolute atomic E-state index is 0.00484. The first-order valence-corrected chi connectivity index (χ1v) is 10.4. The first kappa shape index (κ1) is 22.6. The average molecular weight is 458 g/mol. The molecule has 0 fully saturated rings. The second-order valence-electron chi connectivity index (χ2n) is 6.83. The number of hydrogen-bond donors (Lipinski definition) is 2. The molecule has 1 aromatic carbocycles. The average Bonchev–Trinajstić information content (AvgIpc) is 3.07. The molecule has 0 amide bonds. The fraction of sp³-hybridized carbons (Fsp3) is 0.294. The van der Waals surface area contributed by atoms with E-state index in [0.29, 0.717) is 5.56 Å². The normalized spacial score (nSPS) is 14.3. The van der Waals surface area contributed by atoms with Gasteiger partial charge < -0.3 is 9.84 Å². The lowest BCUT2D eigenvalue weighted by atomic mass is 10.0. The molecule has 2 heterocycles. The topological polar surface area (TPSA) is 146 Å². The van der Waals surface area contributed by atoms with Crippen LogP contribution >= 0.6 is 0 Å². The van der Waals surface area contributed by atoms with Crippen LogP contribution in [0.2, 0.25) is 0 Å². The van der Waals surface area contributed by atoms with Gasteiger partial charge in [0.25, 0.3) is 0 Å². The van der Waals surface area contributed by atoms with Crippen LogP contribution in [-0.4, -0.2) is 50.8 Å². The van der Waals surface area contributed by atoms with E-state index in [2.05, 4.69) is 25.1 Å². The molecule has 3 N–H and O–H groups in total. The number of nitrogens with two attached hydrogens (primary N) is 1. The number of rotatable bonds is 7. The molecule has 0 radical (unpaired) electrons. The van der Waals surface area contributed by atoms with Crippen LogP contribution in [-0.2, 0) is 22.2 Å². The molecule has 14 heteroatoms. The van der Waals surface area contributed by atoms with Gasteiger partial charge in [0.1, 0.15) is 17.0 Å².